The van der Waals surface area contributed by atoms with Gasteiger partial charge in [0.15, 0.2) is 6.10 Å². The van der Waals surface area contributed by atoms with Gasteiger partial charge >= 0.3 is 5.97 Å². The van der Waals surface area contributed by atoms with Crippen LogP contribution in [0.5, 0.6) is 11.5 Å². The normalized spacial score (nSPS) is 11.6. The van der Waals surface area contributed by atoms with Crippen LogP contribution < -0.4 is 14.8 Å². The molecular weight excluding hydrogens is 298 g/mol. The van der Waals surface area contributed by atoms with Gasteiger partial charge in [0.05, 0.1) is 14.2 Å². The Bertz CT molecular complexity index is 572. The van der Waals surface area contributed by atoms with Crippen molar-refractivity contribution >= 4 is 18.0 Å². The second-order valence-electron chi connectivity index (χ2n) is 4.59. The van der Waals surface area contributed by atoms with Gasteiger partial charge < -0.3 is 19.5 Å². The molecule has 0 saturated heterocycles. The molecule has 0 bridgehead atoms. The zero-order valence-corrected chi connectivity index (χ0v) is 13.5. The summed E-state index contributed by atoms with van der Waals surface area (Å²) >= 11 is 0. The third-order valence-corrected chi connectivity index (χ3v) is 2.87. The van der Waals surface area contributed by atoms with Gasteiger partial charge in [0.1, 0.15) is 11.5 Å². The minimum atomic E-state index is -0.882. The molecule has 23 heavy (non-hydrogen) atoms. The Balaban J connectivity index is 2.67. The molecule has 0 fully saturated rings. The number of ether oxygens (including phenoxy) is 3. The summed E-state index contributed by atoms with van der Waals surface area (Å²) in [5.74, 6) is 0.215. The van der Waals surface area contributed by atoms with Gasteiger partial charge in [-0.3, -0.25) is 4.79 Å². The molecule has 1 amide bonds. The molecule has 1 aromatic rings. The Morgan fingerprint density at radius 2 is 1.83 bits per heavy atom. The number of esters is 1. The van der Waals surface area contributed by atoms with Crippen LogP contribution in [0.1, 0.15) is 12.5 Å². The largest absolute Gasteiger partial charge is 0.497 e. The van der Waals surface area contributed by atoms with Gasteiger partial charge in [-0.15, -0.1) is 6.58 Å². The van der Waals surface area contributed by atoms with E-state index in [-0.39, 0.29) is 5.91 Å². The van der Waals surface area contributed by atoms with Crippen LogP contribution in [-0.2, 0) is 14.3 Å². The van der Waals surface area contributed by atoms with E-state index in [1.807, 2.05) is 0 Å². The van der Waals surface area contributed by atoms with Gasteiger partial charge in [-0.05, 0) is 30.7 Å². The van der Waals surface area contributed by atoms with Crippen molar-refractivity contribution in [3.05, 3.63) is 42.5 Å². The number of carbonyl (C=O) groups excluding carboxylic acids is 2. The molecule has 1 rings (SSSR count). The predicted octanol–water partition coefficient (Wildman–Crippen LogP) is 1.95. The quantitative estimate of drug-likeness (QED) is 0.450. The van der Waals surface area contributed by atoms with Crippen molar-refractivity contribution in [3.8, 4) is 11.5 Å². The van der Waals surface area contributed by atoms with Crippen LogP contribution in [-0.4, -0.2) is 38.7 Å². The summed E-state index contributed by atoms with van der Waals surface area (Å²) < 4.78 is 15.3. The van der Waals surface area contributed by atoms with Crippen molar-refractivity contribution in [2.24, 2.45) is 0 Å². The summed E-state index contributed by atoms with van der Waals surface area (Å²) in [5, 5.41) is 2.55. The minimum Gasteiger partial charge on any atom is -0.497 e. The van der Waals surface area contributed by atoms with Crippen LogP contribution >= 0.6 is 0 Å². The average molecular weight is 319 g/mol. The molecule has 0 radical (unpaired) electrons. The van der Waals surface area contributed by atoms with Crippen LogP contribution in [0.2, 0.25) is 0 Å². The first-order valence-corrected chi connectivity index (χ1v) is 7.00. The Morgan fingerprint density at radius 3 is 2.35 bits per heavy atom. The summed E-state index contributed by atoms with van der Waals surface area (Å²) in [4.78, 5) is 23.3. The molecule has 0 saturated carbocycles. The summed E-state index contributed by atoms with van der Waals surface area (Å²) in [7, 11) is 3.08. The van der Waals surface area contributed by atoms with Gasteiger partial charge in [-0.25, -0.2) is 4.79 Å². The van der Waals surface area contributed by atoms with Crippen LogP contribution in [0.25, 0.3) is 6.08 Å². The standard InChI is InChI=1S/C17H21NO5/c1-5-8-18-17(20)12(2)23-16(19)7-6-13-9-14(21-3)11-15(10-13)22-4/h5-7,9-12H,1,8H2,2-4H3,(H,18,20)/b7-6+/t12-/m0/s1. The van der Waals surface area contributed by atoms with Crippen molar-refractivity contribution in [3.63, 3.8) is 0 Å². The van der Waals surface area contributed by atoms with Crippen molar-refractivity contribution in [2.75, 3.05) is 20.8 Å². The number of amides is 1. The van der Waals surface area contributed by atoms with E-state index in [1.54, 1.807) is 44.6 Å². The second-order valence-corrected chi connectivity index (χ2v) is 4.59. The lowest BCUT2D eigenvalue weighted by molar-refractivity contribution is -0.150. The highest BCUT2D eigenvalue weighted by molar-refractivity contribution is 5.90. The van der Waals surface area contributed by atoms with E-state index >= 15 is 0 Å². The fourth-order valence-corrected chi connectivity index (χ4v) is 1.67. The third kappa shape index (κ3) is 6.25. The summed E-state index contributed by atoms with van der Waals surface area (Å²) in [6, 6.07) is 5.21. The van der Waals surface area contributed by atoms with E-state index in [0.717, 1.165) is 0 Å². The monoisotopic (exact) mass is 319 g/mol. The van der Waals surface area contributed by atoms with Crippen LogP contribution in [0, 0.1) is 0 Å². The third-order valence-electron chi connectivity index (χ3n) is 2.87. The Morgan fingerprint density at radius 1 is 1.22 bits per heavy atom. The second kappa shape index (κ2) is 9.30. The molecule has 0 aromatic heterocycles. The van der Waals surface area contributed by atoms with Crippen molar-refractivity contribution < 1.29 is 23.8 Å². The molecule has 124 valence electrons. The first kappa shape index (κ1) is 18.3. The molecule has 1 N–H and O–H groups in total. The lowest BCUT2D eigenvalue weighted by Crippen LogP contribution is -2.35. The number of hydrogen-bond acceptors (Lipinski definition) is 5. The topological polar surface area (TPSA) is 73.9 Å². The summed E-state index contributed by atoms with van der Waals surface area (Å²) in [6.07, 6.45) is 3.46. The van der Waals surface area contributed by atoms with Crippen molar-refractivity contribution in [1.82, 2.24) is 5.32 Å². The highest BCUT2D eigenvalue weighted by atomic mass is 16.5. The molecule has 6 nitrogen and oxygen atoms in total. The number of nitrogens with one attached hydrogen (secondary N) is 1. The Kier molecular flexibility index (Phi) is 7.39. The van der Waals surface area contributed by atoms with E-state index in [2.05, 4.69) is 11.9 Å². The first-order valence-electron chi connectivity index (χ1n) is 7.00. The molecular formula is C17H21NO5. The van der Waals surface area contributed by atoms with Gasteiger partial charge in [-0.2, -0.15) is 0 Å². The van der Waals surface area contributed by atoms with Crippen LogP contribution in [0.15, 0.2) is 36.9 Å². The van der Waals surface area contributed by atoms with Gasteiger partial charge in [0.25, 0.3) is 5.91 Å². The summed E-state index contributed by atoms with van der Waals surface area (Å²) in [6.45, 7) is 5.31. The lowest BCUT2D eigenvalue weighted by Gasteiger charge is -2.11. The minimum absolute atomic E-state index is 0.320. The maximum absolute atomic E-state index is 11.7. The molecule has 1 atom stereocenters. The lowest BCUT2D eigenvalue weighted by atomic mass is 10.2. The fourth-order valence-electron chi connectivity index (χ4n) is 1.67. The number of methoxy groups -OCH3 is 2. The smallest absolute Gasteiger partial charge is 0.331 e. The zero-order valence-electron chi connectivity index (χ0n) is 13.5. The molecule has 0 aliphatic carbocycles. The Labute approximate surface area is 135 Å². The molecule has 0 unspecified atom stereocenters. The first-order chi connectivity index (χ1) is 11.0. The molecule has 0 aliphatic heterocycles. The Hall–Kier alpha value is -2.76. The van der Waals surface area contributed by atoms with Gasteiger partial charge in [0, 0.05) is 18.7 Å². The van der Waals surface area contributed by atoms with Crippen LogP contribution in [0.3, 0.4) is 0 Å². The number of benzene rings is 1. The van der Waals surface area contributed by atoms with E-state index in [4.69, 9.17) is 14.2 Å². The van der Waals surface area contributed by atoms with Gasteiger partial charge in [0.2, 0.25) is 0 Å². The maximum atomic E-state index is 11.7. The molecule has 0 heterocycles. The number of carbonyl (C=O) groups is 2. The number of hydrogen-bond donors (Lipinski definition) is 1. The van der Waals surface area contributed by atoms with E-state index in [9.17, 15) is 9.59 Å². The van der Waals surface area contributed by atoms with Gasteiger partial charge in [-0.1, -0.05) is 6.08 Å². The average Bonchev–Trinajstić information content (AvgIpc) is 2.57. The molecule has 6 heteroatoms. The van der Waals surface area contributed by atoms with Crippen molar-refractivity contribution in [2.45, 2.75) is 13.0 Å². The van der Waals surface area contributed by atoms with Crippen molar-refractivity contribution in [1.29, 1.82) is 0 Å². The zero-order chi connectivity index (χ0) is 17.2. The van der Waals surface area contributed by atoms with E-state index in [1.165, 1.54) is 13.0 Å². The fraction of sp³-hybridized carbons (Fsp3) is 0.294. The predicted molar refractivity (Wildman–Crippen MR) is 87.3 cm³/mol. The summed E-state index contributed by atoms with van der Waals surface area (Å²) in [5.41, 5.74) is 0.710. The van der Waals surface area contributed by atoms with E-state index < -0.39 is 12.1 Å². The molecule has 0 aliphatic rings. The molecule has 0 spiro atoms. The van der Waals surface area contributed by atoms with E-state index in [0.29, 0.717) is 23.6 Å². The van der Waals surface area contributed by atoms with Crippen LogP contribution in [0.4, 0.5) is 0 Å². The highest BCUT2D eigenvalue weighted by Gasteiger charge is 2.15. The molecule has 1 aromatic carbocycles. The maximum Gasteiger partial charge on any atom is 0.331 e. The highest BCUT2D eigenvalue weighted by Crippen LogP contribution is 2.23. The SMILES string of the molecule is C=CCNC(=O)[C@H](C)OC(=O)/C=C/c1cc(OC)cc(OC)c1. The number of rotatable bonds is 8.